The molecule has 0 aromatic rings. The van der Waals surface area contributed by atoms with Crippen LogP contribution in [-0.2, 0) is 9.53 Å². The summed E-state index contributed by atoms with van der Waals surface area (Å²) < 4.78 is 5.14. The average molecular weight is 157 g/mol. The summed E-state index contributed by atoms with van der Waals surface area (Å²) in [6, 6.07) is 0. The lowest BCUT2D eigenvalue weighted by Gasteiger charge is -2.02. The molecule has 0 rings (SSSR count). The van der Waals surface area contributed by atoms with Crippen LogP contribution in [0.15, 0.2) is 12.7 Å². The molecule has 0 fully saturated rings. The standard InChI is InChI=1S/C8H15NO2/c1-3-4-6-11-7-5-9-8(2)10/h3H,1,4-7H2,2H3,(H,9,10). The molecule has 0 aliphatic heterocycles. The molecule has 3 nitrogen and oxygen atoms in total. The average Bonchev–Trinajstić information content (AvgIpc) is 1.96. The van der Waals surface area contributed by atoms with Crippen molar-refractivity contribution in [2.24, 2.45) is 0 Å². The smallest absolute Gasteiger partial charge is 0.216 e. The first kappa shape index (κ1) is 10.2. The van der Waals surface area contributed by atoms with E-state index >= 15 is 0 Å². The predicted molar refractivity (Wildman–Crippen MR) is 44.3 cm³/mol. The second-order valence-electron chi connectivity index (χ2n) is 2.17. The molecule has 0 spiro atoms. The maximum Gasteiger partial charge on any atom is 0.216 e. The Morgan fingerprint density at radius 2 is 2.36 bits per heavy atom. The molecular weight excluding hydrogens is 142 g/mol. The van der Waals surface area contributed by atoms with Crippen molar-refractivity contribution in [2.75, 3.05) is 19.8 Å². The minimum atomic E-state index is -0.0164. The van der Waals surface area contributed by atoms with Gasteiger partial charge in [0.15, 0.2) is 0 Å². The van der Waals surface area contributed by atoms with Crippen LogP contribution in [-0.4, -0.2) is 25.7 Å². The van der Waals surface area contributed by atoms with Crippen LogP contribution in [0.1, 0.15) is 13.3 Å². The van der Waals surface area contributed by atoms with E-state index in [9.17, 15) is 4.79 Å². The van der Waals surface area contributed by atoms with Crippen molar-refractivity contribution in [1.82, 2.24) is 5.32 Å². The Morgan fingerprint density at radius 1 is 1.64 bits per heavy atom. The Hall–Kier alpha value is -0.830. The third kappa shape index (κ3) is 9.17. The zero-order valence-electron chi connectivity index (χ0n) is 6.93. The Balaban J connectivity index is 2.90. The highest BCUT2D eigenvalue weighted by Crippen LogP contribution is 1.81. The maximum absolute atomic E-state index is 10.3. The number of hydrogen-bond donors (Lipinski definition) is 1. The van der Waals surface area contributed by atoms with Gasteiger partial charge < -0.3 is 10.1 Å². The van der Waals surface area contributed by atoms with Gasteiger partial charge in [0.25, 0.3) is 0 Å². The Labute approximate surface area is 67.4 Å². The third-order valence-electron chi connectivity index (χ3n) is 1.09. The number of rotatable bonds is 6. The molecule has 0 aromatic carbocycles. The SMILES string of the molecule is C=CCCOCCNC(C)=O. The molecule has 1 amide bonds. The van der Waals surface area contributed by atoms with Crippen molar-refractivity contribution in [1.29, 1.82) is 0 Å². The molecule has 1 N–H and O–H groups in total. The van der Waals surface area contributed by atoms with Gasteiger partial charge in [0.05, 0.1) is 13.2 Å². The lowest BCUT2D eigenvalue weighted by molar-refractivity contribution is -0.119. The fourth-order valence-corrected chi connectivity index (χ4v) is 0.568. The molecule has 11 heavy (non-hydrogen) atoms. The maximum atomic E-state index is 10.3. The lowest BCUT2D eigenvalue weighted by Crippen LogP contribution is -2.24. The number of amides is 1. The molecule has 0 aliphatic rings. The van der Waals surface area contributed by atoms with Crippen molar-refractivity contribution in [3.05, 3.63) is 12.7 Å². The van der Waals surface area contributed by atoms with Crippen molar-refractivity contribution in [3.63, 3.8) is 0 Å². The Kier molecular flexibility index (Phi) is 6.73. The number of hydrogen-bond acceptors (Lipinski definition) is 2. The van der Waals surface area contributed by atoms with Gasteiger partial charge in [-0.15, -0.1) is 6.58 Å². The molecule has 0 unspecified atom stereocenters. The Morgan fingerprint density at radius 3 is 2.91 bits per heavy atom. The zero-order valence-corrected chi connectivity index (χ0v) is 6.93. The quantitative estimate of drug-likeness (QED) is 0.455. The summed E-state index contributed by atoms with van der Waals surface area (Å²) in [5.74, 6) is -0.0164. The van der Waals surface area contributed by atoms with E-state index in [4.69, 9.17) is 4.74 Å². The molecule has 0 saturated heterocycles. The van der Waals surface area contributed by atoms with E-state index in [0.717, 1.165) is 6.42 Å². The van der Waals surface area contributed by atoms with Gasteiger partial charge in [-0.3, -0.25) is 4.79 Å². The van der Waals surface area contributed by atoms with Gasteiger partial charge in [0, 0.05) is 13.5 Å². The third-order valence-corrected chi connectivity index (χ3v) is 1.09. The molecule has 0 aromatic heterocycles. The van der Waals surface area contributed by atoms with Crippen LogP contribution in [0.5, 0.6) is 0 Å². The highest BCUT2D eigenvalue weighted by molar-refractivity contribution is 5.72. The summed E-state index contributed by atoms with van der Waals surface area (Å²) in [7, 11) is 0. The predicted octanol–water partition coefficient (Wildman–Crippen LogP) is 0.715. The molecule has 0 heterocycles. The summed E-state index contributed by atoms with van der Waals surface area (Å²) in [6.45, 7) is 6.90. The summed E-state index contributed by atoms with van der Waals surface area (Å²) in [5, 5.41) is 2.63. The van der Waals surface area contributed by atoms with Crippen molar-refractivity contribution in [2.45, 2.75) is 13.3 Å². The summed E-state index contributed by atoms with van der Waals surface area (Å²) in [4.78, 5) is 10.3. The highest BCUT2D eigenvalue weighted by Gasteiger charge is 1.89. The molecule has 0 radical (unpaired) electrons. The van der Waals surface area contributed by atoms with Gasteiger partial charge in [-0.2, -0.15) is 0 Å². The fraction of sp³-hybridized carbons (Fsp3) is 0.625. The zero-order chi connectivity index (χ0) is 8.53. The first-order valence-electron chi connectivity index (χ1n) is 3.70. The fourth-order valence-electron chi connectivity index (χ4n) is 0.568. The van der Waals surface area contributed by atoms with Gasteiger partial charge in [-0.1, -0.05) is 6.08 Å². The highest BCUT2D eigenvalue weighted by atomic mass is 16.5. The van der Waals surface area contributed by atoms with Crippen LogP contribution in [0.25, 0.3) is 0 Å². The van der Waals surface area contributed by atoms with Gasteiger partial charge in [-0.25, -0.2) is 0 Å². The van der Waals surface area contributed by atoms with Crippen LogP contribution < -0.4 is 5.32 Å². The van der Waals surface area contributed by atoms with E-state index in [-0.39, 0.29) is 5.91 Å². The molecule has 64 valence electrons. The van der Waals surface area contributed by atoms with Crippen molar-refractivity contribution in [3.8, 4) is 0 Å². The normalized spacial score (nSPS) is 9.18. The number of ether oxygens (including phenoxy) is 1. The van der Waals surface area contributed by atoms with Crippen molar-refractivity contribution < 1.29 is 9.53 Å². The second-order valence-corrected chi connectivity index (χ2v) is 2.17. The van der Waals surface area contributed by atoms with Crippen LogP contribution in [0.2, 0.25) is 0 Å². The van der Waals surface area contributed by atoms with E-state index in [1.807, 2.05) is 0 Å². The van der Waals surface area contributed by atoms with E-state index < -0.39 is 0 Å². The summed E-state index contributed by atoms with van der Waals surface area (Å²) in [5.41, 5.74) is 0. The topological polar surface area (TPSA) is 38.3 Å². The molecule has 0 atom stereocenters. The van der Waals surface area contributed by atoms with Gasteiger partial charge in [0.1, 0.15) is 0 Å². The monoisotopic (exact) mass is 157 g/mol. The van der Waals surface area contributed by atoms with E-state index in [1.54, 1.807) is 6.08 Å². The minimum absolute atomic E-state index is 0.0164. The van der Waals surface area contributed by atoms with E-state index in [2.05, 4.69) is 11.9 Å². The molecule has 0 saturated carbocycles. The number of carbonyl (C=O) groups is 1. The lowest BCUT2D eigenvalue weighted by atomic mass is 10.4. The van der Waals surface area contributed by atoms with Crippen LogP contribution in [0.4, 0.5) is 0 Å². The van der Waals surface area contributed by atoms with Crippen LogP contribution in [0.3, 0.4) is 0 Å². The van der Waals surface area contributed by atoms with Crippen LogP contribution in [0, 0.1) is 0 Å². The molecule has 0 aliphatic carbocycles. The van der Waals surface area contributed by atoms with Gasteiger partial charge >= 0.3 is 0 Å². The van der Waals surface area contributed by atoms with E-state index in [1.165, 1.54) is 6.92 Å². The molecular formula is C8H15NO2. The summed E-state index contributed by atoms with van der Waals surface area (Å²) in [6.07, 6.45) is 2.67. The van der Waals surface area contributed by atoms with Crippen molar-refractivity contribution >= 4 is 5.91 Å². The van der Waals surface area contributed by atoms with Gasteiger partial charge in [0.2, 0.25) is 5.91 Å². The Bertz CT molecular complexity index is 123. The largest absolute Gasteiger partial charge is 0.379 e. The summed E-state index contributed by atoms with van der Waals surface area (Å²) >= 11 is 0. The first-order chi connectivity index (χ1) is 5.27. The van der Waals surface area contributed by atoms with Gasteiger partial charge in [-0.05, 0) is 6.42 Å². The first-order valence-corrected chi connectivity index (χ1v) is 3.70. The minimum Gasteiger partial charge on any atom is -0.379 e. The van der Waals surface area contributed by atoms with Crippen LogP contribution >= 0.6 is 0 Å². The number of carbonyl (C=O) groups excluding carboxylic acids is 1. The molecule has 3 heteroatoms. The van der Waals surface area contributed by atoms with E-state index in [0.29, 0.717) is 19.8 Å². The number of nitrogens with one attached hydrogen (secondary N) is 1. The molecule has 0 bridgehead atoms. The second kappa shape index (κ2) is 7.28.